The highest BCUT2D eigenvalue weighted by Gasteiger charge is 2.29. The maximum Gasteiger partial charge on any atom is -0.00130 e. The smallest absolute Gasteiger partial charge is 0.00130 e. The van der Waals surface area contributed by atoms with Gasteiger partial charge in [0.05, 0.1) is 0 Å². The van der Waals surface area contributed by atoms with E-state index in [9.17, 15) is 0 Å². The largest absolute Gasteiger partial charge is 0.0831 e. The summed E-state index contributed by atoms with van der Waals surface area (Å²) in [6, 6.07) is 9.82. The molecule has 25 heavy (non-hydrogen) atoms. The SMILES string of the molecule is CC1(C)C=c2cc3c(cc2=CC1)Cc1cc2c(cc1-3)C(C)(C)CC=C2. The van der Waals surface area contributed by atoms with E-state index in [0.29, 0.717) is 0 Å². The van der Waals surface area contributed by atoms with Gasteiger partial charge in [0.1, 0.15) is 0 Å². The molecule has 0 atom stereocenters. The third-order valence-electron chi connectivity index (χ3n) is 6.30. The van der Waals surface area contributed by atoms with E-state index < -0.39 is 0 Å². The lowest BCUT2D eigenvalue weighted by atomic mass is 9.74. The minimum absolute atomic E-state index is 0.234. The number of hydrogen-bond acceptors (Lipinski definition) is 0. The van der Waals surface area contributed by atoms with Crippen molar-refractivity contribution < 1.29 is 0 Å². The van der Waals surface area contributed by atoms with Gasteiger partial charge in [-0.15, -0.1) is 0 Å². The molecule has 5 rings (SSSR count). The third-order valence-corrected chi connectivity index (χ3v) is 6.30. The van der Waals surface area contributed by atoms with Crippen LogP contribution in [0.1, 0.15) is 62.8 Å². The molecule has 3 aliphatic carbocycles. The summed E-state index contributed by atoms with van der Waals surface area (Å²) in [6.07, 6.45) is 12.9. The van der Waals surface area contributed by atoms with Crippen molar-refractivity contribution in [3.63, 3.8) is 0 Å². The summed E-state index contributed by atoms with van der Waals surface area (Å²) >= 11 is 0. The summed E-state index contributed by atoms with van der Waals surface area (Å²) in [4.78, 5) is 0. The lowest BCUT2D eigenvalue weighted by Gasteiger charge is -2.30. The molecule has 0 spiro atoms. The van der Waals surface area contributed by atoms with Crippen molar-refractivity contribution in [2.75, 3.05) is 0 Å². The molecule has 0 aliphatic heterocycles. The molecule has 0 N–H and O–H groups in total. The Bertz CT molecular complexity index is 1060. The van der Waals surface area contributed by atoms with E-state index in [1.54, 1.807) is 0 Å². The van der Waals surface area contributed by atoms with Crippen molar-refractivity contribution in [2.24, 2.45) is 5.41 Å². The van der Waals surface area contributed by atoms with Gasteiger partial charge in [-0.1, -0.05) is 64.1 Å². The molecule has 0 amide bonds. The summed E-state index contributed by atoms with van der Waals surface area (Å²) in [6.45, 7) is 9.41. The molecule has 2 aromatic carbocycles. The van der Waals surface area contributed by atoms with Crippen LogP contribution in [0.15, 0.2) is 30.3 Å². The normalized spacial score (nSPS) is 20.6. The van der Waals surface area contributed by atoms with Crippen LogP contribution < -0.4 is 10.4 Å². The quantitative estimate of drug-likeness (QED) is 0.549. The minimum Gasteiger partial charge on any atom is -0.0831 e. The molecule has 2 aromatic rings. The van der Waals surface area contributed by atoms with Crippen molar-refractivity contribution in [1.29, 1.82) is 0 Å². The van der Waals surface area contributed by atoms with Crippen LogP contribution in [0, 0.1) is 5.41 Å². The van der Waals surface area contributed by atoms with E-state index in [2.05, 4.69) is 76.3 Å². The van der Waals surface area contributed by atoms with Crippen LogP contribution in [0.3, 0.4) is 0 Å². The Balaban J connectivity index is 1.75. The maximum absolute atomic E-state index is 2.49. The van der Waals surface area contributed by atoms with Gasteiger partial charge < -0.3 is 0 Å². The molecule has 0 heteroatoms. The van der Waals surface area contributed by atoms with Crippen LogP contribution >= 0.6 is 0 Å². The topological polar surface area (TPSA) is 0 Å². The van der Waals surface area contributed by atoms with Gasteiger partial charge in [-0.2, -0.15) is 0 Å². The number of fused-ring (bicyclic) bond motifs is 5. The fourth-order valence-corrected chi connectivity index (χ4v) is 4.81. The Morgan fingerprint density at radius 3 is 2.40 bits per heavy atom. The second kappa shape index (κ2) is 4.75. The molecule has 0 radical (unpaired) electrons. The Morgan fingerprint density at radius 2 is 1.56 bits per heavy atom. The van der Waals surface area contributed by atoms with Gasteiger partial charge in [0, 0.05) is 0 Å². The average molecular weight is 326 g/mol. The molecular formula is C25H26. The molecule has 0 aromatic heterocycles. The molecule has 0 saturated heterocycles. The van der Waals surface area contributed by atoms with Crippen molar-refractivity contribution in [3.8, 4) is 11.1 Å². The maximum atomic E-state index is 2.49. The highest BCUT2D eigenvalue weighted by molar-refractivity contribution is 5.80. The van der Waals surface area contributed by atoms with Crippen molar-refractivity contribution >= 4 is 18.2 Å². The summed E-state index contributed by atoms with van der Waals surface area (Å²) < 4.78 is 0. The average Bonchev–Trinajstić information content (AvgIpc) is 2.87. The van der Waals surface area contributed by atoms with Gasteiger partial charge in [0.25, 0.3) is 0 Å². The number of hydrogen-bond donors (Lipinski definition) is 0. The number of rotatable bonds is 0. The van der Waals surface area contributed by atoms with Crippen molar-refractivity contribution in [1.82, 2.24) is 0 Å². The molecule has 126 valence electrons. The number of allylic oxidation sites excluding steroid dienone is 1. The Morgan fingerprint density at radius 1 is 0.800 bits per heavy atom. The molecule has 0 nitrogen and oxygen atoms in total. The van der Waals surface area contributed by atoms with Gasteiger partial charge in [-0.05, 0) is 86.0 Å². The molecular weight excluding hydrogens is 300 g/mol. The van der Waals surface area contributed by atoms with Crippen LogP contribution in [-0.2, 0) is 11.8 Å². The third kappa shape index (κ3) is 2.27. The van der Waals surface area contributed by atoms with E-state index in [1.165, 1.54) is 43.8 Å². The highest BCUT2D eigenvalue weighted by Crippen LogP contribution is 2.43. The number of benzene rings is 2. The predicted octanol–water partition coefficient (Wildman–Crippen LogP) is 4.94. The first kappa shape index (κ1) is 15.2. The first-order valence-electron chi connectivity index (χ1n) is 9.53. The van der Waals surface area contributed by atoms with Crippen LogP contribution in [-0.4, -0.2) is 0 Å². The van der Waals surface area contributed by atoms with Crippen molar-refractivity contribution in [2.45, 2.75) is 52.4 Å². The second-order valence-corrected chi connectivity index (χ2v) is 9.44. The van der Waals surface area contributed by atoms with E-state index in [-0.39, 0.29) is 10.8 Å². The first-order valence-corrected chi connectivity index (χ1v) is 9.53. The van der Waals surface area contributed by atoms with E-state index in [1.807, 2.05) is 0 Å². The standard InChI is InChI=1S/C25H26/c1-24(2)9-7-16-10-18-12-19-11-17-6-5-8-25(3,4)23(17)14-22(19)21(18)13-20(16)15-24/h5-7,10-11,13-15H,8-9,12H2,1-4H3. The molecule has 0 unspecified atom stereocenters. The van der Waals surface area contributed by atoms with Crippen molar-refractivity contribution in [3.05, 3.63) is 63.0 Å². The zero-order chi connectivity index (χ0) is 17.4. The minimum atomic E-state index is 0.234. The predicted molar refractivity (Wildman–Crippen MR) is 108 cm³/mol. The van der Waals surface area contributed by atoms with Crippen LogP contribution in [0.25, 0.3) is 29.4 Å². The second-order valence-electron chi connectivity index (χ2n) is 9.44. The first-order chi connectivity index (χ1) is 11.8. The summed E-state index contributed by atoms with van der Waals surface area (Å²) in [5, 5.41) is 2.84. The Labute approximate surface area is 150 Å². The van der Waals surface area contributed by atoms with E-state index in [0.717, 1.165) is 19.3 Å². The molecule has 0 bridgehead atoms. The van der Waals surface area contributed by atoms with Crippen LogP contribution in [0.2, 0.25) is 0 Å². The van der Waals surface area contributed by atoms with Gasteiger partial charge in [0.15, 0.2) is 0 Å². The fourth-order valence-electron chi connectivity index (χ4n) is 4.81. The van der Waals surface area contributed by atoms with Crippen LogP contribution in [0.5, 0.6) is 0 Å². The van der Waals surface area contributed by atoms with Crippen LogP contribution in [0.4, 0.5) is 0 Å². The molecule has 0 saturated carbocycles. The van der Waals surface area contributed by atoms with Gasteiger partial charge in [0.2, 0.25) is 0 Å². The summed E-state index contributed by atoms with van der Waals surface area (Å²) in [5.41, 5.74) is 9.37. The highest BCUT2D eigenvalue weighted by atomic mass is 14.3. The molecule has 3 aliphatic rings. The molecule has 0 fully saturated rings. The van der Waals surface area contributed by atoms with Gasteiger partial charge in [-0.25, -0.2) is 0 Å². The molecule has 0 heterocycles. The summed E-state index contributed by atoms with van der Waals surface area (Å²) in [7, 11) is 0. The summed E-state index contributed by atoms with van der Waals surface area (Å²) in [5.74, 6) is 0. The van der Waals surface area contributed by atoms with Gasteiger partial charge >= 0.3 is 0 Å². The van der Waals surface area contributed by atoms with Gasteiger partial charge in [-0.3, -0.25) is 0 Å². The lowest BCUT2D eigenvalue weighted by molar-refractivity contribution is 0.529. The Kier molecular flexibility index (Phi) is 2.89. The zero-order valence-electron chi connectivity index (χ0n) is 15.7. The fraction of sp³-hybridized carbons (Fsp3) is 0.360. The monoisotopic (exact) mass is 326 g/mol. The Hall–Kier alpha value is -2.08. The lowest BCUT2D eigenvalue weighted by Crippen LogP contribution is -2.32. The zero-order valence-corrected chi connectivity index (χ0v) is 15.7. The van der Waals surface area contributed by atoms with E-state index >= 15 is 0 Å². The van der Waals surface area contributed by atoms with E-state index in [4.69, 9.17) is 0 Å².